The minimum absolute atomic E-state index is 0.00419. The van der Waals surface area contributed by atoms with E-state index in [1.807, 2.05) is 0 Å². The number of aromatic nitrogens is 1. The molecule has 1 heterocycles. The zero-order valence-corrected chi connectivity index (χ0v) is 8.75. The van der Waals surface area contributed by atoms with Crippen molar-refractivity contribution < 1.29 is 27.4 Å². The highest BCUT2D eigenvalue weighted by Gasteiger charge is 2.32. The minimum atomic E-state index is -4.87. The maximum Gasteiger partial charge on any atom is 0.574 e. The van der Waals surface area contributed by atoms with E-state index in [0.29, 0.717) is 6.29 Å². The third-order valence-corrected chi connectivity index (χ3v) is 1.83. The SMILES string of the molecule is COc1cc(OC(F)(F)F)nc(CN)c1C=O. The number of hydrogen-bond donors (Lipinski definition) is 1. The molecule has 0 saturated heterocycles. The Labute approximate surface area is 94.3 Å². The lowest BCUT2D eigenvalue weighted by molar-refractivity contribution is -0.276. The Morgan fingerprint density at radius 1 is 1.53 bits per heavy atom. The summed E-state index contributed by atoms with van der Waals surface area (Å²) >= 11 is 0. The average Bonchev–Trinajstić information content (AvgIpc) is 2.25. The van der Waals surface area contributed by atoms with Gasteiger partial charge in [-0.15, -0.1) is 13.2 Å². The van der Waals surface area contributed by atoms with Gasteiger partial charge in [0, 0.05) is 12.6 Å². The van der Waals surface area contributed by atoms with Gasteiger partial charge in [0.15, 0.2) is 6.29 Å². The fourth-order valence-corrected chi connectivity index (χ4v) is 1.18. The van der Waals surface area contributed by atoms with Gasteiger partial charge in [0.05, 0.1) is 18.4 Å². The van der Waals surface area contributed by atoms with Crippen molar-refractivity contribution >= 4 is 6.29 Å². The summed E-state index contributed by atoms with van der Waals surface area (Å²) in [5.41, 5.74) is 5.24. The van der Waals surface area contributed by atoms with Gasteiger partial charge in [-0.25, -0.2) is 4.98 Å². The van der Waals surface area contributed by atoms with E-state index in [2.05, 4.69) is 9.72 Å². The molecule has 0 aromatic carbocycles. The molecular weight excluding hydrogens is 241 g/mol. The van der Waals surface area contributed by atoms with Crippen molar-refractivity contribution in [2.24, 2.45) is 5.73 Å². The average molecular weight is 250 g/mol. The Balaban J connectivity index is 3.22. The van der Waals surface area contributed by atoms with E-state index in [0.717, 1.165) is 6.07 Å². The van der Waals surface area contributed by atoms with Crippen molar-refractivity contribution in [3.8, 4) is 11.6 Å². The van der Waals surface area contributed by atoms with Crippen LogP contribution in [0.5, 0.6) is 11.6 Å². The smallest absolute Gasteiger partial charge is 0.496 e. The largest absolute Gasteiger partial charge is 0.574 e. The first-order chi connectivity index (χ1) is 7.91. The molecule has 0 aliphatic carbocycles. The Morgan fingerprint density at radius 3 is 2.59 bits per heavy atom. The molecular formula is C9H9F3N2O3. The number of carbonyl (C=O) groups excluding carboxylic acids is 1. The highest BCUT2D eigenvalue weighted by atomic mass is 19.4. The predicted octanol–water partition coefficient (Wildman–Crippen LogP) is 1.26. The molecule has 1 aromatic heterocycles. The zero-order valence-electron chi connectivity index (χ0n) is 8.75. The number of alkyl halides is 3. The molecule has 5 nitrogen and oxygen atoms in total. The summed E-state index contributed by atoms with van der Waals surface area (Å²) in [6.45, 7) is -0.209. The fourth-order valence-electron chi connectivity index (χ4n) is 1.18. The van der Waals surface area contributed by atoms with Gasteiger partial charge >= 0.3 is 6.36 Å². The van der Waals surface area contributed by atoms with E-state index in [1.165, 1.54) is 7.11 Å². The Hall–Kier alpha value is -1.83. The number of carbonyl (C=O) groups is 1. The van der Waals surface area contributed by atoms with Crippen LogP contribution in [0.1, 0.15) is 16.1 Å². The molecule has 2 N–H and O–H groups in total. The number of rotatable bonds is 4. The van der Waals surface area contributed by atoms with E-state index in [4.69, 9.17) is 10.5 Å². The first kappa shape index (κ1) is 13.2. The fraction of sp³-hybridized carbons (Fsp3) is 0.333. The summed E-state index contributed by atoms with van der Waals surface area (Å²) in [7, 11) is 1.21. The molecule has 1 aromatic rings. The number of nitrogens with zero attached hydrogens (tertiary/aromatic N) is 1. The summed E-state index contributed by atoms with van der Waals surface area (Å²) in [4.78, 5) is 14.2. The maximum atomic E-state index is 12.0. The second kappa shape index (κ2) is 5.00. The standard InChI is InChI=1S/C9H9F3N2O3/c1-16-7-2-8(17-9(10,11)12)14-6(3-13)5(7)4-15/h2,4H,3,13H2,1H3. The van der Waals surface area contributed by atoms with Gasteiger partial charge in [0.2, 0.25) is 5.88 Å². The molecule has 0 radical (unpaired) electrons. The number of methoxy groups -OCH3 is 1. The van der Waals surface area contributed by atoms with Gasteiger partial charge < -0.3 is 15.2 Å². The topological polar surface area (TPSA) is 74.4 Å². The lowest BCUT2D eigenvalue weighted by Gasteiger charge is -2.12. The Kier molecular flexibility index (Phi) is 3.89. The van der Waals surface area contributed by atoms with Crippen LogP contribution in [0.25, 0.3) is 0 Å². The van der Waals surface area contributed by atoms with Gasteiger partial charge in [0.1, 0.15) is 5.75 Å². The van der Waals surface area contributed by atoms with E-state index in [1.54, 1.807) is 0 Å². The molecule has 0 spiro atoms. The van der Waals surface area contributed by atoms with Crippen molar-refractivity contribution in [3.05, 3.63) is 17.3 Å². The van der Waals surface area contributed by atoms with Crippen LogP contribution in [0.3, 0.4) is 0 Å². The van der Waals surface area contributed by atoms with Crippen molar-refractivity contribution in [2.75, 3.05) is 7.11 Å². The molecule has 94 valence electrons. The van der Waals surface area contributed by atoms with Crippen LogP contribution in [0.2, 0.25) is 0 Å². The Bertz CT molecular complexity index is 395. The first-order valence-electron chi connectivity index (χ1n) is 4.40. The van der Waals surface area contributed by atoms with Crippen LogP contribution >= 0.6 is 0 Å². The van der Waals surface area contributed by atoms with Gasteiger partial charge in [-0.3, -0.25) is 4.79 Å². The first-order valence-corrected chi connectivity index (χ1v) is 4.40. The van der Waals surface area contributed by atoms with Crippen molar-refractivity contribution in [2.45, 2.75) is 12.9 Å². The van der Waals surface area contributed by atoms with Gasteiger partial charge in [-0.2, -0.15) is 0 Å². The summed E-state index contributed by atoms with van der Waals surface area (Å²) < 4.78 is 44.4. The molecule has 0 fully saturated rings. The molecule has 0 atom stereocenters. The monoisotopic (exact) mass is 250 g/mol. The summed E-state index contributed by atoms with van der Waals surface area (Å²) in [6.07, 6.45) is -4.46. The number of hydrogen-bond acceptors (Lipinski definition) is 5. The second-order valence-corrected chi connectivity index (χ2v) is 2.89. The normalized spacial score (nSPS) is 11.1. The third-order valence-electron chi connectivity index (χ3n) is 1.83. The number of nitrogens with two attached hydrogens (primary N) is 1. The highest BCUT2D eigenvalue weighted by molar-refractivity contribution is 5.81. The van der Waals surface area contributed by atoms with Crippen LogP contribution in [-0.4, -0.2) is 24.7 Å². The minimum Gasteiger partial charge on any atom is -0.496 e. The van der Waals surface area contributed by atoms with Gasteiger partial charge in [-0.05, 0) is 0 Å². The molecule has 0 saturated carbocycles. The molecule has 0 bridgehead atoms. The van der Waals surface area contributed by atoms with Gasteiger partial charge in [-0.1, -0.05) is 0 Å². The lowest BCUT2D eigenvalue weighted by atomic mass is 10.2. The summed E-state index contributed by atoms with van der Waals surface area (Å²) in [5, 5.41) is 0. The second-order valence-electron chi connectivity index (χ2n) is 2.89. The highest BCUT2D eigenvalue weighted by Crippen LogP contribution is 2.28. The molecule has 0 unspecified atom stereocenters. The van der Waals surface area contributed by atoms with E-state index in [9.17, 15) is 18.0 Å². The lowest BCUT2D eigenvalue weighted by Crippen LogP contribution is -2.19. The summed E-state index contributed by atoms with van der Waals surface area (Å²) in [5.74, 6) is -0.796. The molecule has 1 rings (SSSR count). The third kappa shape index (κ3) is 3.31. The Morgan fingerprint density at radius 2 is 2.18 bits per heavy atom. The predicted molar refractivity (Wildman–Crippen MR) is 50.8 cm³/mol. The van der Waals surface area contributed by atoms with E-state index < -0.39 is 12.2 Å². The maximum absolute atomic E-state index is 12.0. The summed E-state index contributed by atoms with van der Waals surface area (Å²) in [6, 6.07) is 0.871. The van der Waals surface area contributed by atoms with Crippen LogP contribution in [0, 0.1) is 0 Å². The van der Waals surface area contributed by atoms with Crippen LogP contribution < -0.4 is 15.2 Å². The number of ether oxygens (including phenoxy) is 2. The number of aldehydes is 1. The molecule has 0 aliphatic rings. The zero-order chi connectivity index (χ0) is 13.1. The van der Waals surface area contributed by atoms with Crippen LogP contribution in [0.4, 0.5) is 13.2 Å². The van der Waals surface area contributed by atoms with Gasteiger partial charge in [0.25, 0.3) is 0 Å². The quantitative estimate of drug-likeness (QED) is 0.814. The molecule has 8 heteroatoms. The van der Waals surface area contributed by atoms with Crippen molar-refractivity contribution in [1.29, 1.82) is 0 Å². The van der Waals surface area contributed by atoms with Crippen LogP contribution in [0.15, 0.2) is 6.07 Å². The number of halogens is 3. The molecule has 0 aliphatic heterocycles. The molecule has 17 heavy (non-hydrogen) atoms. The molecule has 0 amide bonds. The van der Waals surface area contributed by atoms with Crippen molar-refractivity contribution in [1.82, 2.24) is 4.98 Å². The van der Waals surface area contributed by atoms with E-state index in [-0.39, 0.29) is 23.6 Å². The van der Waals surface area contributed by atoms with E-state index >= 15 is 0 Å². The van der Waals surface area contributed by atoms with Crippen molar-refractivity contribution in [3.63, 3.8) is 0 Å². The number of pyridine rings is 1. The van der Waals surface area contributed by atoms with Crippen LogP contribution in [-0.2, 0) is 6.54 Å².